The summed E-state index contributed by atoms with van der Waals surface area (Å²) in [6.45, 7) is 2.09. The molecule has 6 nitrogen and oxygen atoms in total. The quantitative estimate of drug-likeness (QED) is 0.361. The largest absolute Gasteiger partial charge is 0.484 e. The molecule has 3 rings (SSSR count). The Bertz CT molecular complexity index is 652. The van der Waals surface area contributed by atoms with Crippen molar-refractivity contribution in [2.24, 2.45) is 4.99 Å². The maximum Gasteiger partial charge on any atom is 0.422 e. The lowest BCUT2D eigenvalue weighted by atomic mass is 10.1. The minimum atomic E-state index is -4.34. The molecule has 2 saturated heterocycles. The van der Waals surface area contributed by atoms with Crippen molar-refractivity contribution in [1.29, 1.82) is 0 Å². The highest BCUT2D eigenvalue weighted by Gasteiger charge is 2.32. The van der Waals surface area contributed by atoms with Crippen molar-refractivity contribution in [3.8, 4) is 5.75 Å². The Balaban J connectivity index is 0.00000300. The monoisotopic (exact) mass is 529 g/mol. The van der Waals surface area contributed by atoms with E-state index < -0.39 is 12.8 Å². The van der Waals surface area contributed by atoms with E-state index >= 15 is 0 Å². The molecule has 1 aromatic rings. The number of nitrogens with zero attached hydrogens (tertiary/aromatic N) is 2. The highest BCUT2D eigenvalue weighted by molar-refractivity contribution is 14.0. The summed E-state index contributed by atoms with van der Waals surface area (Å²) in [5, 5.41) is 3.30. The number of aliphatic imine (C=N–C) groups is 1. The molecule has 1 aromatic carbocycles. The molecule has 0 amide bonds. The molecule has 29 heavy (non-hydrogen) atoms. The summed E-state index contributed by atoms with van der Waals surface area (Å²) in [6, 6.07) is 6.54. The fourth-order valence-electron chi connectivity index (χ4n) is 3.37. The van der Waals surface area contributed by atoms with Crippen LogP contribution in [0.25, 0.3) is 0 Å². The maximum absolute atomic E-state index is 12.2. The van der Waals surface area contributed by atoms with Gasteiger partial charge in [0.1, 0.15) is 11.9 Å². The molecule has 2 aliphatic heterocycles. The second kappa shape index (κ2) is 11.2. The van der Waals surface area contributed by atoms with E-state index in [1.165, 1.54) is 12.1 Å². The standard InChI is InChI=1S/C19H26F3N3O3.HI/c1-23-18(25-8-10-27-17(12-25)16-3-2-9-26-16)24-11-14-4-6-15(7-5-14)28-13-19(20,21)22;/h4-7,16-17H,2-3,8-13H2,1H3,(H,23,24);1H. The number of hydrogen-bond acceptors (Lipinski definition) is 4. The lowest BCUT2D eigenvalue weighted by molar-refractivity contribution is -0.153. The van der Waals surface area contributed by atoms with Crippen LogP contribution in [0, 0.1) is 0 Å². The molecule has 0 radical (unpaired) electrons. The zero-order valence-electron chi connectivity index (χ0n) is 16.3. The molecule has 0 aliphatic carbocycles. The van der Waals surface area contributed by atoms with Crippen LogP contribution in [-0.2, 0) is 16.0 Å². The lowest BCUT2D eigenvalue weighted by Crippen LogP contribution is -2.53. The summed E-state index contributed by atoms with van der Waals surface area (Å²) in [6.07, 6.45) is -2.07. The molecule has 2 atom stereocenters. The van der Waals surface area contributed by atoms with Gasteiger partial charge in [0, 0.05) is 33.3 Å². The van der Waals surface area contributed by atoms with Gasteiger partial charge in [-0.2, -0.15) is 13.2 Å². The van der Waals surface area contributed by atoms with E-state index in [-0.39, 0.29) is 41.9 Å². The molecular formula is C19H27F3IN3O3. The number of alkyl halides is 3. The van der Waals surface area contributed by atoms with E-state index in [0.29, 0.717) is 19.7 Å². The van der Waals surface area contributed by atoms with Crippen LogP contribution in [0.15, 0.2) is 29.3 Å². The van der Waals surface area contributed by atoms with E-state index in [4.69, 9.17) is 14.2 Å². The zero-order chi connectivity index (χ0) is 20.0. The van der Waals surface area contributed by atoms with E-state index in [9.17, 15) is 13.2 Å². The average molecular weight is 529 g/mol. The summed E-state index contributed by atoms with van der Waals surface area (Å²) in [7, 11) is 1.73. The zero-order valence-corrected chi connectivity index (χ0v) is 18.6. The SMILES string of the molecule is CN=C(NCc1ccc(OCC(F)(F)F)cc1)N1CCOC(C2CCCO2)C1.I. The highest BCUT2D eigenvalue weighted by Crippen LogP contribution is 2.21. The number of rotatable bonds is 5. The van der Waals surface area contributed by atoms with Crippen LogP contribution in [0.3, 0.4) is 0 Å². The maximum atomic E-state index is 12.2. The molecule has 0 spiro atoms. The molecule has 0 bridgehead atoms. The van der Waals surface area contributed by atoms with Crippen LogP contribution < -0.4 is 10.1 Å². The van der Waals surface area contributed by atoms with Gasteiger partial charge in [-0.15, -0.1) is 24.0 Å². The minimum Gasteiger partial charge on any atom is -0.484 e. The van der Waals surface area contributed by atoms with E-state index in [0.717, 1.165) is 37.5 Å². The average Bonchev–Trinajstić information content (AvgIpc) is 3.22. The summed E-state index contributed by atoms with van der Waals surface area (Å²) in [4.78, 5) is 6.50. The Labute approximate surface area is 185 Å². The van der Waals surface area contributed by atoms with Crippen LogP contribution in [0.1, 0.15) is 18.4 Å². The molecule has 2 aliphatic rings. The third-order valence-electron chi connectivity index (χ3n) is 4.76. The number of nitrogens with one attached hydrogen (secondary N) is 1. The molecule has 0 saturated carbocycles. The summed E-state index contributed by atoms with van der Waals surface area (Å²) in [5.41, 5.74) is 0.921. The Hall–Kier alpha value is -1.27. The Morgan fingerprint density at radius 3 is 2.55 bits per heavy atom. The van der Waals surface area contributed by atoms with E-state index in [2.05, 4.69) is 15.2 Å². The van der Waals surface area contributed by atoms with Gasteiger partial charge >= 0.3 is 6.18 Å². The Kier molecular flexibility index (Phi) is 9.28. The first-order chi connectivity index (χ1) is 13.4. The molecule has 2 fully saturated rings. The number of morpholine rings is 1. The molecule has 164 valence electrons. The topological polar surface area (TPSA) is 55.3 Å². The van der Waals surface area contributed by atoms with Crippen LogP contribution in [0.2, 0.25) is 0 Å². The number of ether oxygens (including phenoxy) is 3. The normalized spacial score (nSPS) is 22.9. The van der Waals surface area contributed by atoms with Crippen molar-refractivity contribution in [2.75, 3.05) is 40.0 Å². The van der Waals surface area contributed by atoms with Gasteiger partial charge in [0.25, 0.3) is 0 Å². The van der Waals surface area contributed by atoms with Crippen LogP contribution in [0.4, 0.5) is 13.2 Å². The highest BCUT2D eigenvalue weighted by atomic mass is 127. The van der Waals surface area contributed by atoms with Gasteiger partial charge in [0.15, 0.2) is 12.6 Å². The van der Waals surface area contributed by atoms with Crippen molar-refractivity contribution >= 4 is 29.9 Å². The molecule has 2 unspecified atom stereocenters. The molecule has 10 heteroatoms. The number of halogens is 4. The van der Waals surface area contributed by atoms with Gasteiger partial charge in [0.2, 0.25) is 0 Å². The van der Waals surface area contributed by atoms with E-state index in [1.807, 2.05) is 0 Å². The van der Waals surface area contributed by atoms with Crippen molar-refractivity contribution in [3.63, 3.8) is 0 Å². The molecule has 2 heterocycles. The minimum absolute atomic E-state index is 0. The number of guanidine groups is 1. The van der Waals surface area contributed by atoms with Crippen molar-refractivity contribution in [2.45, 2.75) is 37.8 Å². The van der Waals surface area contributed by atoms with Gasteiger partial charge in [-0.3, -0.25) is 4.99 Å². The lowest BCUT2D eigenvalue weighted by Gasteiger charge is -2.37. The fourth-order valence-corrected chi connectivity index (χ4v) is 3.37. The predicted molar refractivity (Wildman–Crippen MR) is 114 cm³/mol. The molecule has 1 N–H and O–H groups in total. The van der Waals surface area contributed by atoms with Crippen LogP contribution >= 0.6 is 24.0 Å². The van der Waals surface area contributed by atoms with E-state index in [1.54, 1.807) is 19.2 Å². The smallest absolute Gasteiger partial charge is 0.422 e. The van der Waals surface area contributed by atoms with Gasteiger partial charge in [0.05, 0.1) is 12.7 Å². The summed E-state index contributed by atoms with van der Waals surface area (Å²) in [5.74, 6) is 0.960. The second-order valence-corrected chi connectivity index (χ2v) is 6.86. The van der Waals surface area contributed by atoms with Gasteiger partial charge in [-0.1, -0.05) is 12.1 Å². The second-order valence-electron chi connectivity index (χ2n) is 6.86. The Morgan fingerprint density at radius 1 is 1.21 bits per heavy atom. The summed E-state index contributed by atoms with van der Waals surface area (Å²) >= 11 is 0. The molecule has 0 aromatic heterocycles. The first kappa shape index (κ1) is 24.0. The number of benzene rings is 1. The van der Waals surface area contributed by atoms with Gasteiger partial charge in [-0.25, -0.2) is 0 Å². The summed E-state index contributed by atoms with van der Waals surface area (Å²) < 4.78 is 52.9. The first-order valence-corrected chi connectivity index (χ1v) is 9.42. The van der Waals surface area contributed by atoms with Crippen LogP contribution in [0.5, 0.6) is 5.75 Å². The Morgan fingerprint density at radius 2 is 1.93 bits per heavy atom. The van der Waals surface area contributed by atoms with Crippen molar-refractivity contribution < 1.29 is 27.4 Å². The third kappa shape index (κ3) is 7.49. The van der Waals surface area contributed by atoms with Crippen molar-refractivity contribution in [1.82, 2.24) is 10.2 Å². The number of hydrogen-bond donors (Lipinski definition) is 1. The first-order valence-electron chi connectivity index (χ1n) is 9.42. The molecular weight excluding hydrogens is 502 g/mol. The van der Waals surface area contributed by atoms with Gasteiger partial charge < -0.3 is 24.4 Å². The van der Waals surface area contributed by atoms with Crippen LogP contribution in [-0.4, -0.2) is 69.2 Å². The predicted octanol–water partition coefficient (Wildman–Crippen LogP) is 3.20. The van der Waals surface area contributed by atoms with Gasteiger partial charge in [-0.05, 0) is 30.5 Å². The van der Waals surface area contributed by atoms with Crippen molar-refractivity contribution in [3.05, 3.63) is 29.8 Å². The third-order valence-corrected chi connectivity index (χ3v) is 4.76. The fraction of sp³-hybridized carbons (Fsp3) is 0.632.